The molecule has 1 amide bonds. The summed E-state index contributed by atoms with van der Waals surface area (Å²) in [4.78, 5) is 17.8. The van der Waals surface area contributed by atoms with Gasteiger partial charge in [-0.15, -0.1) is 24.0 Å². The highest BCUT2D eigenvalue weighted by Gasteiger charge is 2.15. The lowest BCUT2D eigenvalue weighted by Gasteiger charge is -2.23. The largest absolute Gasteiger partial charge is 0.444 e. The van der Waals surface area contributed by atoms with Gasteiger partial charge in [0.2, 0.25) is 0 Å². The highest BCUT2D eigenvalue weighted by Crippen LogP contribution is 2.14. The van der Waals surface area contributed by atoms with E-state index in [2.05, 4.69) is 15.6 Å². The van der Waals surface area contributed by atoms with Crippen LogP contribution in [-0.4, -0.2) is 54.3 Å². The molecule has 25 heavy (non-hydrogen) atoms. The first kappa shape index (κ1) is 23.8. The Hall–Kier alpha value is -1.16. The fraction of sp³-hybridized carbons (Fsp3) is 0.625. The lowest BCUT2D eigenvalue weighted by atomic mass is 10.2. The van der Waals surface area contributed by atoms with Gasteiger partial charge < -0.3 is 24.8 Å². The molecule has 0 bridgehead atoms. The zero-order chi connectivity index (χ0) is 18.3. The number of guanidine groups is 1. The molecule has 0 saturated carbocycles. The maximum Gasteiger partial charge on any atom is 0.407 e. The molecule has 1 heterocycles. The van der Waals surface area contributed by atoms with Gasteiger partial charge in [-0.3, -0.25) is 4.99 Å². The second-order valence-corrected chi connectivity index (χ2v) is 6.96. The second-order valence-electron chi connectivity index (χ2n) is 6.52. The van der Waals surface area contributed by atoms with Gasteiger partial charge in [0.05, 0.1) is 11.6 Å². The molecular weight excluding hydrogens is 457 g/mol. The normalized spacial score (nSPS) is 11.6. The van der Waals surface area contributed by atoms with Crippen LogP contribution in [0.5, 0.6) is 0 Å². The summed E-state index contributed by atoms with van der Waals surface area (Å²) in [7, 11) is 5.62. The third kappa shape index (κ3) is 9.20. The van der Waals surface area contributed by atoms with Gasteiger partial charge in [-0.05, 0) is 26.8 Å². The summed E-state index contributed by atoms with van der Waals surface area (Å²) >= 11 is 6.00. The number of aromatic nitrogens is 1. The smallest absolute Gasteiger partial charge is 0.407 e. The molecule has 0 spiro atoms. The van der Waals surface area contributed by atoms with Gasteiger partial charge in [0.25, 0.3) is 0 Å². The summed E-state index contributed by atoms with van der Waals surface area (Å²) in [5.74, 6) is 0.735. The van der Waals surface area contributed by atoms with E-state index in [0.717, 1.165) is 11.7 Å². The molecule has 0 saturated heterocycles. The number of carbonyl (C=O) groups is 1. The average Bonchev–Trinajstić information content (AvgIpc) is 2.74. The number of alkyl carbamates (subject to hydrolysis) is 1. The molecule has 9 heteroatoms. The average molecular weight is 486 g/mol. The van der Waals surface area contributed by atoms with Crippen LogP contribution in [0.4, 0.5) is 4.79 Å². The van der Waals surface area contributed by atoms with Crippen LogP contribution in [0.15, 0.2) is 17.3 Å². The number of carbonyl (C=O) groups excluding carboxylic acids is 1. The van der Waals surface area contributed by atoms with Crippen molar-refractivity contribution in [2.45, 2.75) is 32.9 Å². The van der Waals surface area contributed by atoms with Crippen molar-refractivity contribution in [1.82, 2.24) is 20.1 Å². The van der Waals surface area contributed by atoms with Crippen LogP contribution >= 0.6 is 35.6 Å². The van der Waals surface area contributed by atoms with Gasteiger partial charge in [0.15, 0.2) is 5.96 Å². The molecule has 1 aromatic rings. The first-order valence-electron chi connectivity index (χ1n) is 7.81. The van der Waals surface area contributed by atoms with E-state index in [4.69, 9.17) is 16.3 Å². The molecule has 0 aromatic carbocycles. The Morgan fingerprint density at radius 1 is 1.36 bits per heavy atom. The van der Waals surface area contributed by atoms with Crippen LogP contribution in [-0.2, 0) is 18.3 Å². The van der Waals surface area contributed by atoms with E-state index in [1.807, 2.05) is 56.6 Å². The minimum Gasteiger partial charge on any atom is -0.444 e. The van der Waals surface area contributed by atoms with E-state index in [-0.39, 0.29) is 24.0 Å². The molecular formula is C16H29ClIN5O2. The number of aryl methyl sites for hydroxylation is 1. The predicted octanol–water partition coefficient (Wildman–Crippen LogP) is 2.83. The van der Waals surface area contributed by atoms with Crippen molar-refractivity contribution in [2.24, 2.45) is 12.0 Å². The number of aliphatic imine (C=N–C) groups is 1. The maximum atomic E-state index is 11.6. The highest BCUT2D eigenvalue weighted by atomic mass is 127. The van der Waals surface area contributed by atoms with Gasteiger partial charge in [0, 0.05) is 46.1 Å². The number of amides is 1. The summed E-state index contributed by atoms with van der Waals surface area (Å²) in [6, 6.07) is 1.93. The Bertz CT molecular complexity index is 584. The number of hydrogen-bond donors (Lipinski definition) is 2. The van der Waals surface area contributed by atoms with Gasteiger partial charge >= 0.3 is 6.09 Å². The lowest BCUT2D eigenvalue weighted by molar-refractivity contribution is 0.0529. The molecule has 7 nitrogen and oxygen atoms in total. The van der Waals surface area contributed by atoms with E-state index < -0.39 is 11.7 Å². The van der Waals surface area contributed by atoms with Crippen LogP contribution in [0.3, 0.4) is 0 Å². The van der Waals surface area contributed by atoms with Crippen molar-refractivity contribution >= 4 is 47.6 Å². The van der Waals surface area contributed by atoms with Crippen LogP contribution < -0.4 is 10.6 Å². The minimum atomic E-state index is -0.496. The number of rotatable bonds is 5. The number of nitrogens with one attached hydrogen (secondary N) is 2. The van der Waals surface area contributed by atoms with Crippen molar-refractivity contribution in [3.8, 4) is 0 Å². The predicted molar refractivity (Wildman–Crippen MR) is 113 cm³/mol. The van der Waals surface area contributed by atoms with E-state index in [1.165, 1.54) is 0 Å². The Morgan fingerprint density at radius 3 is 2.44 bits per heavy atom. The molecule has 1 rings (SSSR count). The molecule has 0 fully saturated rings. The fourth-order valence-corrected chi connectivity index (χ4v) is 2.35. The van der Waals surface area contributed by atoms with Crippen molar-refractivity contribution in [2.75, 3.05) is 27.2 Å². The van der Waals surface area contributed by atoms with Crippen LogP contribution in [0.25, 0.3) is 0 Å². The zero-order valence-corrected chi connectivity index (χ0v) is 18.8. The van der Waals surface area contributed by atoms with Crippen molar-refractivity contribution in [3.63, 3.8) is 0 Å². The number of halogens is 2. The monoisotopic (exact) mass is 485 g/mol. The quantitative estimate of drug-likeness (QED) is 0.291. The fourth-order valence-electron chi connectivity index (χ4n) is 2.08. The van der Waals surface area contributed by atoms with Gasteiger partial charge in [-0.1, -0.05) is 11.6 Å². The SMILES string of the molecule is CN=C(NCCNC(=O)OC(C)(C)C)N(C)Cc1cc(Cl)cn1C.I. The van der Waals surface area contributed by atoms with Crippen LogP contribution in [0.1, 0.15) is 26.5 Å². The lowest BCUT2D eigenvalue weighted by Crippen LogP contribution is -2.43. The van der Waals surface area contributed by atoms with Gasteiger partial charge in [-0.2, -0.15) is 0 Å². The van der Waals surface area contributed by atoms with E-state index in [1.54, 1.807) is 7.05 Å². The van der Waals surface area contributed by atoms with E-state index >= 15 is 0 Å². The minimum absolute atomic E-state index is 0. The van der Waals surface area contributed by atoms with Gasteiger partial charge in [0.1, 0.15) is 5.60 Å². The van der Waals surface area contributed by atoms with Crippen molar-refractivity contribution < 1.29 is 9.53 Å². The Kier molecular flexibility index (Phi) is 10.2. The zero-order valence-electron chi connectivity index (χ0n) is 15.7. The number of ether oxygens (including phenoxy) is 1. The van der Waals surface area contributed by atoms with Crippen molar-refractivity contribution in [3.05, 3.63) is 23.0 Å². The molecule has 0 atom stereocenters. The third-order valence-electron chi connectivity index (χ3n) is 3.12. The topological polar surface area (TPSA) is 70.9 Å². The Labute approximate surface area is 172 Å². The van der Waals surface area contributed by atoms with Crippen LogP contribution in [0.2, 0.25) is 5.02 Å². The molecule has 1 aromatic heterocycles. The first-order chi connectivity index (χ1) is 11.1. The van der Waals surface area contributed by atoms with Crippen LogP contribution in [0, 0.1) is 0 Å². The third-order valence-corrected chi connectivity index (χ3v) is 3.33. The van der Waals surface area contributed by atoms with E-state index in [0.29, 0.717) is 24.7 Å². The standard InChI is InChI=1S/C16H28ClN5O2.HI/c1-16(2,3)24-15(23)20-8-7-19-14(18-4)22(6)11-13-9-12(17)10-21(13)5;/h9-10H,7-8,11H2,1-6H3,(H,18,19)(H,20,23);1H. The first-order valence-corrected chi connectivity index (χ1v) is 8.19. The molecule has 0 aliphatic heterocycles. The Balaban J connectivity index is 0.00000576. The van der Waals surface area contributed by atoms with E-state index in [9.17, 15) is 4.79 Å². The van der Waals surface area contributed by atoms with Crippen molar-refractivity contribution in [1.29, 1.82) is 0 Å². The summed E-state index contributed by atoms with van der Waals surface area (Å²) in [5, 5.41) is 6.61. The molecule has 0 unspecified atom stereocenters. The molecule has 0 aliphatic carbocycles. The highest BCUT2D eigenvalue weighted by molar-refractivity contribution is 14.0. The summed E-state index contributed by atoms with van der Waals surface area (Å²) in [5.41, 5.74) is 0.585. The maximum absolute atomic E-state index is 11.6. The van der Waals surface area contributed by atoms with Gasteiger partial charge in [-0.25, -0.2) is 4.79 Å². The Morgan fingerprint density at radius 2 is 1.96 bits per heavy atom. The summed E-state index contributed by atoms with van der Waals surface area (Å²) in [6.07, 6.45) is 1.44. The molecule has 144 valence electrons. The molecule has 0 aliphatic rings. The number of hydrogen-bond acceptors (Lipinski definition) is 3. The molecule has 0 radical (unpaired) electrons. The summed E-state index contributed by atoms with van der Waals surface area (Å²) in [6.45, 7) is 7.15. The number of nitrogens with zero attached hydrogens (tertiary/aromatic N) is 3. The second kappa shape index (κ2) is 10.7. The molecule has 2 N–H and O–H groups in total. The summed E-state index contributed by atoms with van der Waals surface area (Å²) < 4.78 is 7.16.